The largest absolute Gasteiger partial charge is 0.293 e. The predicted octanol–water partition coefficient (Wildman–Crippen LogP) is 1.95. The summed E-state index contributed by atoms with van der Waals surface area (Å²) in [6.45, 7) is 11.0. The van der Waals surface area contributed by atoms with Crippen LogP contribution in [0.2, 0.25) is 0 Å². The highest BCUT2D eigenvalue weighted by Crippen LogP contribution is 2.21. The first kappa shape index (κ1) is 12.7. The molecule has 0 aromatic carbocycles. The molecule has 0 amide bonds. The number of hydrogen-bond donors (Lipinski definition) is 1. The second-order valence-corrected chi connectivity index (χ2v) is 3.43. The van der Waals surface area contributed by atoms with Gasteiger partial charge in [-0.1, -0.05) is 19.2 Å². The molecule has 1 aliphatic heterocycles. The smallest absolute Gasteiger partial charge is 0.276 e. The van der Waals surface area contributed by atoms with Gasteiger partial charge in [-0.2, -0.15) is 5.10 Å². The molecular weight excluding hydrogens is 220 g/mol. The van der Waals surface area contributed by atoms with Crippen LogP contribution in [-0.2, 0) is 0 Å². The molecule has 90 valence electrons. The number of nitrogens with zero attached hydrogens (tertiary/aromatic N) is 3. The molecule has 0 aliphatic carbocycles. The summed E-state index contributed by atoms with van der Waals surface area (Å²) in [5, 5.41) is 14.5. The Morgan fingerprint density at radius 3 is 2.82 bits per heavy atom. The third kappa shape index (κ3) is 2.81. The molecule has 0 saturated carbocycles. The lowest BCUT2D eigenvalue weighted by Gasteiger charge is -2.30. The number of nitrogens with one attached hydrogen (secondary N) is 1. The average Bonchev–Trinajstić information content (AvgIpc) is 2.23. The van der Waals surface area contributed by atoms with Gasteiger partial charge in [-0.15, -0.1) is 0 Å². The molecule has 0 saturated heterocycles. The summed E-state index contributed by atoms with van der Waals surface area (Å²) in [4.78, 5) is 11.6. The molecule has 0 aromatic rings. The molecule has 6 nitrogen and oxygen atoms in total. The van der Waals surface area contributed by atoms with E-state index in [1.165, 1.54) is 0 Å². The van der Waals surface area contributed by atoms with E-state index < -0.39 is 4.92 Å². The normalized spacial score (nSPS) is 18.8. The minimum Gasteiger partial charge on any atom is -0.293 e. The van der Waals surface area contributed by atoms with Crippen LogP contribution in [0.4, 0.5) is 0 Å². The zero-order chi connectivity index (χ0) is 13.0. The Hall–Kier alpha value is -2.37. The van der Waals surface area contributed by atoms with Crippen molar-refractivity contribution in [3.05, 3.63) is 58.8 Å². The maximum atomic E-state index is 10.5. The maximum absolute atomic E-state index is 10.5. The van der Waals surface area contributed by atoms with Gasteiger partial charge < -0.3 is 0 Å². The molecule has 0 fully saturated rings. The van der Waals surface area contributed by atoms with E-state index in [9.17, 15) is 10.1 Å². The van der Waals surface area contributed by atoms with Crippen molar-refractivity contribution in [2.75, 3.05) is 0 Å². The third-order valence-electron chi connectivity index (χ3n) is 2.21. The summed E-state index contributed by atoms with van der Waals surface area (Å²) in [5.41, 5.74) is 4.64. The molecule has 1 N–H and O–H groups in total. The number of rotatable bonds is 3. The predicted molar refractivity (Wildman–Crippen MR) is 66.3 cm³/mol. The van der Waals surface area contributed by atoms with Crippen molar-refractivity contribution >= 4 is 5.71 Å². The van der Waals surface area contributed by atoms with Gasteiger partial charge in [0, 0.05) is 5.70 Å². The fraction of sp³-hybridized carbons (Fsp3) is 0.182. The van der Waals surface area contributed by atoms with Crippen molar-refractivity contribution in [1.82, 2.24) is 10.3 Å². The van der Waals surface area contributed by atoms with Crippen molar-refractivity contribution in [2.45, 2.75) is 13.8 Å². The lowest BCUT2D eigenvalue weighted by molar-refractivity contribution is -0.404. The van der Waals surface area contributed by atoms with Crippen LogP contribution in [0.3, 0.4) is 0 Å². The second kappa shape index (κ2) is 5.11. The van der Waals surface area contributed by atoms with Crippen LogP contribution in [0.25, 0.3) is 0 Å². The van der Waals surface area contributed by atoms with Crippen LogP contribution >= 0.6 is 0 Å². The molecule has 0 aromatic heterocycles. The Morgan fingerprint density at radius 2 is 2.29 bits per heavy atom. The van der Waals surface area contributed by atoms with Crippen molar-refractivity contribution in [1.29, 1.82) is 0 Å². The van der Waals surface area contributed by atoms with Gasteiger partial charge in [0.15, 0.2) is 0 Å². The molecule has 0 atom stereocenters. The van der Waals surface area contributed by atoms with E-state index in [-0.39, 0.29) is 5.82 Å². The average molecular weight is 234 g/mol. The van der Waals surface area contributed by atoms with Gasteiger partial charge in [0.25, 0.3) is 6.20 Å². The fourth-order valence-electron chi connectivity index (χ4n) is 1.40. The van der Waals surface area contributed by atoms with Crippen LogP contribution in [-0.4, -0.2) is 15.5 Å². The fourth-order valence-corrected chi connectivity index (χ4v) is 1.40. The molecular formula is C11H14N4O2. The zero-order valence-corrected chi connectivity index (χ0v) is 9.80. The van der Waals surface area contributed by atoms with Crippen molar-refractivity contribution < 1.29 is 4.92 Å². The number of allylic oxidation sites excluding steroid dienone is 4. The van der Waals surface area contributed by atoms with Gasteiger partial charge in [0.05, 0.1) is 16.3 Å². The number of hydrogen-bond acceptors (Lipinski definition) is 5. The van der Waals surface area contributed by atoms with E-state index in [4.69, 9.17) is 0 Å². The Kier molecular flexibility index (Phi) is 3.82. The Morgan fingerprint density at radius 1 is 1.65 bits per heavy atom. The molecule has 0 radical (unpaired) electrons. The minimum absolute atomic E-state index is 0.251. The maximum Gasteiger partial charge on any atom is 0.276 e. The molecule has 0 spiro atoms. The van der Waals surface area contributed by atoms with Crippen molar-refractivity contribution in [2.24, 2.45) is 5.10 Å². The zero-order valence-electron chi connectivity index (χ0n) is 9.80. The summed E-state index contributed by atoms with van der Waals surface area (Å²) in [7, 11) is 0. The van der Waals surface area contributed by atoms with E-state index in [1.807, 2.05) is 0 Å². The lowest BCUT2D eigenvalue weighted by atomic mass is 10.2. The van der Waals surface area contributed by atoms with E-state index in [0.29, 0.717) is 11.4 Å². The molecule has 6 heteroatoms. The molecule has 17 heavy (non-hydrogen) atoms. The van der Waals surface area contributed by atoms with Crippen molar-refractivity contribution in [3.63, 3.8) is 0 Å². The third-order valence-corrected chi connectivity index (χ3v) is 2.21. The van der Waals surface area contributed by atoms with Crippen molar-refractivity contribution in [3.8, 4) is 0 Å². The van der Waals surface area contributed by atoms with Crippen LogP contribution < -0.4 is 5.43 Å². The Labute approximate surface area is 99.5 Å². The van der Waals surface area contributed by atoms with Gasteiger partial charge in [0.1, 0.15) is 0 Å². The molecule has 1 heterocycles. The first-order valence-corrected chi connectivity index (χ1v) is 4.91. The summed E-state index contributed by atoms with van der Waals surface area (Å²) in [5.74, 6) is 0.251. The van der Waals surface area contributed by atoms with Gasteiger partial charge in [-0.25, -0.2) is 0 Å². The highest BCUT2D eigenvalue weighted by atomic mass is 16.6. The Bertz CT molecular complexity index is 460. The number of hydrazone groups is 1. The van der Waals surface area contributed by atoms with Crippen LogP contribution in [0.15, 0.2) is 53.8 Å². The van der Waals surface area contributed by atoms with E-state index in [2.05, 4.69) is 23.7 Å². The first-order chi connectivity index (χ1) is 7.97. The standard InChI is InChI=1S/C11H14N4O2/c1-5-6-8(2)15-10(4)9(3)12-13-11(15)7-14(16)17/h5-7,13H,1,4H2,2-3H3/b8-6+,11-7+. The quantitative estimate of drug-likeness (QED) is 0.460. The summed E-state index contributed by atoms with van der Waals surface area (Å²) < 4.78 is 0. The lowest BCUT2D eigenvalue weighted by Crippen LogP contribution is -2.35. The van der Waals surface area contributed by atoms with Gasteiger partial charge >= 0.3 is 0 Å². The number of nitro groups is 1. The van der Waals surface area contributed by atoms with Gasteiger partial charge in [-0.05, 0) is 19.9 Å². The molecule has 1 rings (SSSR count). The van der Waals surface area contributed by atoms with E-state index in [1.54, 1.807) is 30.9 Å². The van der Waals surface area contributed by atoms with Crippen LogP contribution in [0.1, 0.15) is 13.8 Å². The Balaban J connectivity index is 3.22. The monoisotopic (exact) mass is 234 g/mol. The van der Waals surface area contributed by atoms with E-state index in [0.717, 1.165) is 11.9 Å². The van der Waals surface area contributed by atoms with Gasteiger partial charge in [0.2, 0.25) is 5.82 Å². The van der Waals surface area contributed by atoms with E-state index >= 15 is 0 Å². The summed E-state index contributed by atoms with van der Waals surface area (Å²) >= 11 is 0. The highest BCUT2D eigenvalue weighted by Gasteiger charge is 2.23. The molecule has 0 unspecified atom stereocenters. The molecule has 1 aliphatic rings. The SMILES string of the molecule is C=C/C=C(\C)N1C(=C)C(C)=NN/C1=C\[N+](=O)[O-]. The highest BCUT2D eigenvalue weighted by molar-refractivity contribution is 5.98. The second-order valence-electron chi connectivity index (χ2n) is 3.43. The first-order valence-electron chi connectivity index (χ1n) is 4.91. The van der Waals surface area contributed by atoms with Gasteiger partial charge in [-0.3, -0.25) is 20.4 Å². The van der Waals surface area contributed by atoms with Crippen LogP contribution in [0.5, 0.6) is 0 Å². The minimum atomic E-state index is -0.542. The topological polar surface area (TPSA) is 70.8 Å². The summed E-state index contributed by atoms with van der Waals surface area (Å²) in [6.07, 6.45) is 4.19. The molecule has 0 bridgehead atoms. The summed E-state index contributed by atoms with van der Waals surface area (Å²) in [6, 6.07) is 0. The van der Waals surface area contributed by atoms with Crippen LogP contribution in [0, 0.1) is 10.1 Å².